The monoisotopic (exact) mass is 363 g/mol. The molecule has 0 saturated carbocycles. The number of hydrogen-bond donors (Lipinski definition) is 1. The van der Waals surface area contributed by atoms with Crippen molar-refractivity contribution < 1.29 is 8.82 Å². The van der Waals surface area contributed by atoms with Crippen LogP contribution >= 0.6 is 0 Å². The number of benzene rings is 1. The number of halogens is 1. The Morgan fingerprint density at radius 2 is 1.80 bits per heavy atom. The van der Waals surface area contributed by atoms with Gasteiger partial charge in [-0.3, -0.25) is 4.68 Å². The normalized spacial score (nSPS) is 12.6. The Labute approximate surface area is 151 Å². The molecule has 0 aliphatic rings. The van der Waals surface area contributed by atoms with Crippen LogP contribution in [0.1, 0.15) is 33.3 Å². The fourth-order valence-electron chi connectivity index (χ4n) is 2.56. The number of nitrogens with zero attached hydrogens (tertiary/aromatic N) is 2. The molecule has 1 aromatic heterocycles. The second-order valence-electron chi connectivity index (χ2n) is 7.90. The second-order valence-corrected chi connectivity index (χ2v) is 12.7. The van der Waals surface area contributed by atoms with Crippen LogP contribution < -0.4 is 5.73 Å². The van der Waals surface area contributed by atoms with Gasteiger partial charge in [0.05, 0.1) is 12.2 Å². The highest BCUT2D eigenvalue weighted by molar-refractivity contribution is 6.74. The Balaban J connectivity index is 2.25. The van der Waals surface area contributed by atoms with Crippen LogP contribution in [0.5, 0.6) is 0 Å². The highest BCUT2D eigenvalue weighted by Crippen LogP contribution is 2.36. The average Bonchev–Trinajstić information content (AvgIpc) is 2.82. The van der Waals surface area contributed by atoms with Gasteiger partial charge in [-0.25, -0.2) is 4.39 Å². The molecular weight excluding hydrogens is 333 g/mol. The molecule has 4 nitrogen and oxygen atoms in total. The fourth-order valence-corrected chi connectivity index (χ4v) is 3.60. The van der Waals surface area contributed by atoms with Gasteiger partial charge in [0.15, 0.2) is 0 Å². The molecule has 2 aromatic rings. The standard InChI is InChI=1S/C19H30FN3OSi/c1-7-16-17(14-8-10-15(20)11-9-14)23(22-18(16)21)12-13-24-25(5,6)19(2,3)4/h8-11H,7,12-13H2,1-6H3,(H2,21,22)/q-1. The third-order valence-electron chi connectivity index (χ3n) is 5.12. The third-order valence-corrected chi connectivity index (χ3v) is 9.66. The van der Waals surface area contributed by atoms with E-state index in [9.17, 15) is 4.39 Å². The summed E-state index contributed by atoms with van der Waals surface area (Å²) < 4.78 is 21.4. The Hall–Kier alpha value is -1.66. The van der Waals surface area contributed by atoms with Gasteiger partial charge in [-0.1, -0.05) is 27.7 Å². The minimum atomic E-state index is -1.80. The van der Waals surface area contributed by atoms with Gasteiger partial charge in [0.25, 0.3) is 0 Å². The fraction of sp³-hybridized carbons (Fsp3) is 0.526. The van der Waals surface area contributed by atoms with E-state index < -0.39 is 8.32 Å². The van der Waals surface area contributed by atoms with E-state index in [-0.39, 0.29) is 10.9 Å². The molecule has 0 amide bonds. The summed E-state index contributed by atoms with van der Waals surface area (Å²) in [5, 5.41) is 4.67. The molecule has 0 aliphatic carbocycles. The molecule has 0 spiro atoms. The lowest BCUT2D eigenvalue weighted by atomic mass is 10.1. The van der Waals surface area contributed by atoms with E-state index in [0.717, 1.165) is 23.2 Å². The molecule has 2 rings (SSSR count). The van der Waals surface area contributed by atoms with Gasteiger partial charge in [-0.15, -0.1) is 18.1 Å². The van der Waals surface area contributed by atoms with Gasteiger partial charge < -0.3 is 10.2 Å². The van der Waals surface area contributed by atoms with Gasteiger partial charge in [0, 0.05) is 17.7 Å². The number of rotatable bonds is 6. The van der Waals surface area contributed by atoms with Crippen molar-refractivity contribution in [3.63, 3.8) is 0 Å². The zero-order chi connectivity index (χ0) is 18.8. The summed E-state index contributed by atoms with van der Waals surface area (Å²) in [5.41, 5.74) is 8.99. The third kappa shape index (κ3) is 4.30. The van der Waals surface area contributed by atoms with Crippen LogP contribution in [0.4, 0.5) is 10.2 Å². The Kier molecular flexibility index (Phi) is 5.74. The van der Waals surface area contributed by atoms with Crippen molar-refractivity contribution in [2.45, 2.75) is 58.8 Å². The van der Waals surface area contributed by atoms with Crippen molar-refractivity contribution in [2.24, 2.45) is 0 Å². The van der Waals surface area contributed by atoms with Gasteiger partial charge in [-0.05, 0) is 39.0 Å². The first kappa shape index (κ1) is 19.7. The van der Waals surface area contributed by atoms with Crippen molar-refractivity contribution in [2.75, 3.05) is 12.3 Å². The van der Waals surface area contributed by atoms with Gasteiger partial charge >= 0.3 is 0 Å². The SMILES string of the molecule is CCc1c(N)nn(CCO[Si-](C)(C)C(C)(C)C)c1-c1ccc(F)cc1. The van der Waals surface area contributed by atoms with Crippen molar-refractivity contribution in [1.29, 1.82) is 0 Å². The van der Waals surface area contributed by atoms with E-state index in [1.807, 2.05) is 4.68 Å². The largest absolute Gasteiger partial charge is 0.563 e. The molecule has 0 fully saturated rings. The highest BCUT2D eigenvalue weighted by atomic mass is 28.4. The van der Waals surface area contributed by atoms with Crippen LogP contribution in [0.2, 0.25) is 18.1 Å². The number of aromatic nitrogens is 2. The van der Waals surface area contributed by atoms with Crippen LogP contribution in [0.15, 0.2) is 24.3 Å². The molecule has 139 valence electrons. The molecular formula is C19H30FN3OSi-. The van der Waals surface area contributed by atoms with E-state index in [2.05, 4.69) is 45.9 Å². The van der Waals surface area contributed by atoms with Crippen LogP contribution in [-0.4, -0.2) is 24.7 Å². The van der Waals surface area contributed by atoms with Crippen molar-refractivity contribution in [3.8, 4) is 11.3 Å². The van der Waals surface area contributed by atoms with Crippen LogP contribution in [0, 0.1) is 5.82 Å². The van der Waals surface area contributed by atoms with Gasteiger partial charge in [0.2, 0.25) is 0 Å². The number of nitrogens with two attached hydrogens (primary N) is 1. The Bertz CT molecular complexity index is 718. The van der Waals surface area contributed by atoms with E-state index in [1.165, 1.54) is 12.1 Å². The topological polar surface area (TPSA) is 53.1 Å². The number of nitrogen functional groups attached to an aromatic ring is 1. The minimum Gasteiger partial charge on any atom is -0.563 e. The van der Waals surface area contributed by atoms with Crippen molar-refractivity contribution in [1.82, 2.24) is 9.78 Å². The summed E-state index contributed by atoms with van der Waals surface area (Å²) in [4.78, 5) is 0. The highest BCUT2D eigenvalue weighted by Gasteiger charge is 2.25. The summed E-state index contributed by atoms with van der Waals surface area (Å²) in [6.45, 7) is 14.4. The van der Waals surface area contributed by atoms with E-state index in [4.69, 9.17) is 10.2 Å². The molecule has 2 N–H and O–H groups in total. The first-order valence-corrected chi connectivity index (χ1v) is 11.7. The molecule has 0 unspecified atom stereocenters. The molecule has 0 bridgehead atoms. The van der Waals surface area contributed by atoms with Crippen molar-refractivity contribution >= 4 is 14.1 Å². The minimum absolute atomic E-state index is 0.171. The Morgan fingerprint density at radius 3 is 2.32 bits per heavy atom. The summed E-state index contributed by atoms with van der Waals surface area (Å²) in [6, 6.07) is 6.48. The number of anilines is 1. The lowest BCUT2D eigenvalue weighted by molar-refractivity contribution is 0.267. The first-order valence-electron chi connectivity index (χ1n) is 8.82. The zero-order valence-corrected chi connectivity index (χ0v) is 17.2. The van der Waals surface area contributed by atoms with E-state index in [1.54, 1.807) is 12.1 Å². The smallest absolute Gasteiger partial charge is 0.149 e. The van der Waals surface area contributed by atoms with Crippen LogP contribution in [0.3, 0.4) is 0 Å². The summed E-state index contributed by atoms with van der Waals surface area (Å²) in [7, 11) is -1.80. The first-order chi connectivity index (χ1) is 11.6. The maximum Gasteiger partial charge on any atom is 0.149 e. The molecule has 0 aliphatic heterocycles. The van der Waals surface area contributed by atoms with Crippen LogP contribution in [-0.2, 0) is 17.4 Å². The molecule has 25 heavy (non-hydrogen) atoms. The maximum atomic E-state index is 13.3. The molecule has 1 heterocycles. The van der Waals surface area contributed by atoms with Gasteiger partial charge in [-0.2, -0.15) is 5.10 Å². The molecule has 6 heteroatoms. The zero-order valence-electron chi connectivity index (χ0n) is 16.2. The summed E-state index contributed by atoms with van der Waals surface area (Å²) in [6.07, 6.45) is 0.779. The average molecular weight is 364 g/mol. The molecule has 0 radical (unpaired) electrons. The van der Waals surface area contributed by atoms with E-state index in [0.29, 0.717) is 19.0 Å². The van der Waals surface area contributed by atoms with E-state index >= 15 is 0 Å². The lowest BCUT2D eigenvalue weighted by Crippen LogP contribution is -2.41. The Morgan fingerprint density at radius 1 is 1.20 bits per heavy atom. The molecule has 1 aromatic carbocycles. The maximum absolute atomic E-state index is 13.3. The summed E-state index contributed by atoms with van der Waals surface area (Å²) in [5.74, 6) is 0.288. The molecule has 0 saturated heterocycles. The second kappa shape index (κ2) is 7.29. The van der Waals surface area contributed by atoms with Gasteiger partial charge in [0.1, 0.15) is 11.6 Å². The quantitative estimate of drug-likeness (QED) is 0.746. The summed E-state index contributed by atoms with van der Waals surface area (Å²) >= 11 is 0. The molecule has 0 atom stereocenters. The predicted octanol–water partition coefficient (Wildman–Crippen LogP) is 4.86. The predicted molar refractivity (Wildman–Crippen MR) is 105 cm³/mol. The number of hydrogen-bond acceptors (Lipinski definition) is 3. The van der Waals surface area contributed by atoms with Crippen molar-refractivity contribution in [3.05, 3.63) is 35.6 Å². The van der Waals surface area contributed by atoms with Crippen LogP contribution in [0.25, 0.3) is 11.3 Å². The lowest BCUT2D eigenvalue weighted by Gasteiger charge is -2.48.